The van der Waals surface area contributed by atoms with Gasteiger partial charge in [0.1, 0.15) is 0 Å². The maximum atomic E-state index is 6.22. The van der Waals surface area contributed by atoms with Gasteiger partial charge in [-0.2, -0.15) is 0 Å². The van der Waals surface area contributed by atoms with Crippen LogP contribution in [0.4, 0.5) is 0 Å². The minimum atomic E-state index is 0.0922. The highest BCUT2D eigenvalue weighted by molar-refractivity contribution is 6.42. The molecule has 1 heterocycles. The summed E-state index contributed by atoms with van der Waals surface area (Å²) in [4.78, 5) is 0. The number of nitrogens with one attached hydrogen (secondary N) is 1. The second-order valence-corrected chi connectivity index (χ2v) is 7.00. The first-order valence-electron chi connectivity index (χ1n) is 7.83. The molecule has 0 saturated heterocycles. The summed E-state index contributed by atoms with van der Waals surface area (Å²) in [5.41, 5.74) is 6.34. The van der Waals surface area contributed by atoms with Gasteiger partial charge in [0.05, 0.1) is 22.8 Å². The molecule has 2 nitrogen and oxygen atoms in total. The molecule has 0 aliphatic carbocycles. The number of benzene rings is 2. The van der Waals surface area contributed by atoms with E-state index in [0.29, 0.717) is 16.7 Å². The molecule has 0 bridgehead atoms. The summed E-state index contributed by atoms with van der Waals surface area (Å²) in [6.07, 6.45) is 0.0922. The topological polar surface area (TPSA) is 21.3 Å². The molecule has 2 atom stereocenters. The van der Waals surface area contributed by atoms with Gasteiger partial charge in [0.25, 0.3) is 0 Å². The van der Waals surface area contributed by atoms with Crippen LogP contribution >= 0.6 is 23.2 Å². The fourth-order valence-electron chi connectivity index (χ4n) is 3.48. The van der Waals surface area contributed by atoms with E-state index in [1.165, 1.54) is 22.3 Å². The molecule has 1 aliphatic rings. The maximum absolute atomic E-state index is 6.22. The highest BCUT2D eigenvalue weighted by Gasteiger charge is 2.30. The minimum absolute atomic E-state index is 0.0922. The molecule has 0 amide bonds. The van der Waals surface area contributed by atoms with Gasteiger partial charge in [-0.3, -0.25) is 0 Å². The van der Waals surface area contributed by atoms with Gasteiger partial charge in [-0.1, -0.05) is 47.0 Å². The first-order chi connectivity index (χ1) is 11.0. The third-order valence-corrected chi connectivity index (χ3v) is 5.20. The van der Waals surface area contributed by atoms with Crippen molar-refractivity contribution < 1.29 is 4.74 Å². The zero-order valence-corrected chi connectivity index (χ0v) is 15.1. The van der Waals surface area contributed by atoms with E-state index >= 15 is 0 Å². The van der Waals surface area contributed by atoms with Crippen molar-refractivity contribution in [3.05, 3.63) is 68.2 Å². The molecule has 23 heavy (non-hydrogen) atoms. The molecule has 0 radical (unpaired) electrons. The van der Waals surface area contributed by atoms with Crippen molar-refractivity contribution >= 4 is 23.2 Å². The number of hydrogen-bond donors (Lipinski definition) is 1. The lowest BCUT2D eigenvalue weighted by molar-refractivity contribution is 0.0348. The lowest BCUT2D eigenvalue weighted by Gasteiger charge is -2.34. The number of ether oxygens (including phenoxy) is 1. The molecule has 1 aliphatic heterocycles. The molecule has 0 spiro atoms. The molecule has 3 rings (SSSR count). The van der Waals surface area contributed by atoms with E-state index < -0.39 is 0 Å². The Kier molecular flexibility index (Phi) is 4.98. The Morgan fingerprint density at radius 3 is 2.61 bits per heavy atom. The summed E-state index contributed by atoms with van der Waals surface area (Å²) in [5.74, 6) is 0.187. The molecule has 0 saturated carbocycles. The fourth-order valence-corrected chi connectivity index (χ4v) is 3.78. The van der Waals surface area contributed by atoms with Crippen LogP contribution in [0, 0.1) is 13.8 Å². The van der Waals surface area contributed by atoms with Crippen LogP contribution in [0.25, 0.3) is 0 Å². The van der Waals surface area contributed by atoms with Gasteiger partial charge in [-0.15, -0.1) is 0 Å². The van der Waals surface area contributed by atoms with Gasteiger partial charge >= 0.3 is 0 Å². The Morgan fingerprint density at radius 1 is 1.13 bits per heavy atom. The van der Waals surface area contributed by atoms with E-state index in [1.54, 1.807) is 0 Å². The normalized spacial score (nSPS) is 20.4. The lowest BCUT2D eigenvalue weighted by atomic mass is 9.82. The largest absolute Gasteiger partial charge is 0.371 e. The smallest absolute Gasteiger partial charge is 0.0954 e. The molecule has 2 aromatic rings. The van der Waals surface area contributed by atoms with E-state index in [2.05, 4.69) is 31.3 Å². The monoisotopic (exact) mass is 349 g/mol. The number of halogens is 2. The average molecular weight is 350 g/mol. The number of rotatable bonds is 3. The van der Waals surface area contributed by atoms with Crippen LogP contribution < -0.4 is 5.32 Å². The predicted molar refractivity (Wildman–Crippen MR) is 96.8 cm³/mol. The predicted octanol–water partition coefficient (Wildman–Crippen LogP) is 5.03. The Hall–Kier alpha value is -1.06. The van der Waals surface area contributed by atoms with Gasteiger partial charge in [0, 0.05) is 12.5 Å². The summed E-state index contributed by atoms with van der Waals surface area (Å²) in [5, 5.41) is 4.40. The van der Waals surface area contributed by atoms with Crippen LogP contribution in [0.5, 0.6) is 0 Å². The highest BCUT2D eigenvalue weighted by Crippen LogP contribution is 2.40. The van der Waals surface area contributed by atoms with Gasteiger partial charge in [0.2, 0.25) is 0 Å². The van der Waals surface area contributed by atoms with Gasteiger partial charge in [0.15, 0.2) is 0 Å². The van der Waals surface area contributed by atoms with Gasteiger partial charge < -0.3 is 10.1 Å². The van der Waals surface area contributed by atoms with Crippen LogP contribution in [0.2, 0.25) is 10.0 Å². The van der Waals surface area contributed by atoms with Crippen LogP contribution in [0.1, 0.15) is 39.8 Å². The lowest BCUT2D eigenvalue weighted by Crippen LogP contribution is -2.29. The molecule has 122 valence electrons. The van der Waals surface area contributed by atoms with E-state index in [9.17, 15) is 0 Å². The molecular weight excluding hydrogens is 329 g/mol. The SMILES string of the molecule is CNCC1OCC(c2ccc(Cl)c(Cl)c2)c2cc(C)cc(C)c21. The quantitative estimate of drug-likeness (QED) is 0.838. The van der Waals surface area contributed by atoms with Crippen LogP contribution in [0.3, 0.4) is 0 Å². The van der Waals surface area contributed by atoms with E-state index in [-0.39, 0.29) is 12.0 Å². The summed E-state index contributed by atoms with van der Waals surface area (Å²) >= 11 is 12.3. The van der Waals surface area contributed by atoms with Crippen molar-refractivity contribution in [2.24, 2.45) is 0 Å². The zero-order chi connectivity index (χ0) is 16.6. The number of likely N-dealkylation sites (N-methyl/N-ethyl adjacent to an activating group) is 1. The molecule has 0 fully saturated rings. The molecule has 4 heteroatoms. The van der Waals surface area contributed by atoms with Crippen molar-refractivity contribution in [3.8, 4) is 0 Å². The number of fused-ring (bicyclic) bond motifs is 1. The summed E-state index contributed by atoms with van der Waals surface area (Å²) in [6, 6.07) is 10.4. The van der Waals surface area contributed by atoms with Crippen molar-refractivity contribution in [2.75, 3.05) is 20.2 Å². The fraction of sp³-hybridized carbons (Fsp3) is 0.368. The van der Waals surface area contributed by atoms with E-state index in [4.69, 9.17) is 27.9 Å². The van der Waals surface area contributed by atoms with Gasteiger partial charge in [-0.05, 0) is 55.3 Å². The van der Waals surface area contributed by atoms with Crippen molar-refractivity contribution in [2.45, 2.75) is 25.9 Å². The first-order valence-corrected chi connectivity index (χ1v) is 8.59. The minimum Gasteiger partial charge on any atom is -0.371 e. The van der Waals surface area contributed by atoms with Crippen molar-refractivity contribution in [1.29, 1.82) is 0 Å². The molecule has 2 unspecified atom stereocenters. The van der Waals surface area contributed by atoms with Crippen LogP contribution in [-0.4, -0.2) is 20.2 Å². The first kappa shape index (κ1) is 16.8. The third-order valence-electron chi connectivity index (χ3n) is 4.46. The standard InChI is InChI=1S/C19H21Cl2NO/c1-11-6-12(2)19-14(7-11)15(10-23-18(19)9-22-3)13-4-5-16(20)17(21)8-13/h4-8,15,18,22H,9-10H2,1-3H3. The molecular formula is C19H21Cl2NO. The Morgan fingerprint density at radius 2 is 1.91 bits per heavy atom. The maximum Gasteiger partial charge on any atom is 0.0954 e. The number of aryl methyl sites for hydroxylation is 2. The van der Waals surface area contributed by atoms with Crippen LogP contribution in [0.15, 0.2) is 30.3 Å². The Labute approximate surface area is 147 Å². The van der Waals surface area contributed by atoms with Crippen molar-refractivity contribution in [3.63, 3.8) is 0 Å². The molecule has 0 aromatic heterocycles. The van der Waals surface area contributed by atoms with Crippen LogP contribution in [-0.2, 0) is 4.74 Å². The number of hydrogen-bond acceptors (Lipinski definition) is 2. The third kappa shape index (κ3) is 3.27. The van der Waals surface area contributed by atoms with Gasteiger partial charge in [-0.25, -0.2) is 0 Å². The zero-order valence-electron chi connectivity index (χ0n) is 13.6. The van der Waals surface area contributed by atoms with Crippen molar-refractivity contribution in [1.82, 2.24) is 5.32 Å². The summed E-state index contributed by atoms with van der Waals surface area (Å²) in [6.45, 7) is 5.77. The summed E-state index contributed by atoms with van der Waals surface area (Å²) in [7, 11) is 1.96. The van der Waals surface area contributed by atoms with E-state index in [0.717, 1.165) is 12.1 Å². The Bertz CT molecular complexity index is 730. The molecule has 1 N–H and O–H groups in total. The average Bonchev–Trinajstić information content (AvgIpc) is 2.50. The Balaban J connectivity index is 2.11. The van der Waals surface area contributed by atoms with E-state index in [1.807, 2.05) is 25.2 Å². The summed E-state index contributed by atoms with van der Waals surface area (Å²) < 4.78 is 6.16. The second kappa shape index (κ2) is 6.82. The molecule has 2 aromatic carbocycles. The highest BCUT2D eigenvalue weighted by atomic mass is 35.5. The second-order valence-electron chi connectivity index (χ2n) is 6.19.